The Balaban J connectivity index is 2.65. The first kappa shape index (κ1) is 16.0. The molecule has 0 amide bonds. The van der Waals surface area contributed by atoms with Crippen LogP contribution in [0.25, 0.3) is 0 Å². The first-order valence-corrected chi connectivity index (χ1v) is 7.35. The van der Waals surface area contributed by atoms with Gasteiger partial charge in [-0.15, -0.1) is 11.8 Å². The summed E-state index contributed by atoms with van der Waals surface area (Å²) in [5.74, 6) is 0.388. The second-order valence-corrected chi connectivity index (χ2v) is 5.33. The molecule has 4 nitrogen and oxygen atoms in total. The van der Waals surface area contributed by atoms with Gasteiger partial charge in [0, 0.05) is 17.2 Å². The summed E-state index contributed by atoms with van der Waals surface area (Å²) in [5.41, 5.74) is 1.70. The highest BCUT2D eigenvalue weighted by molar-refractivity contribution is 7.99. The molecule has 5 heteroatoms. The molecule has 0 spiro atoms. The zero-order valence-corrected chi connectivity index (χ0v) is 11.9. The summed E-state index contributed by atoms with van der Waals surface area (Å²) < 4.78 is 0. The smallest absolute Gasteiger partial charge is 0.100 e. The Bertz CT molecular complexity index is 432. The molecule has 0 saturated carbocycles. The summed E-state index contributed by atoms with van der Waals surface area (Å²) in [4.78, 5) is 0.842. The van der Waals surface area contributed by atoms with Crippen molar-refractivity contribution in [1.29, 1.82) is 5.26 Å². The minimum atomic E-state index is -0.748. The standard InChI is InChI=1S/C14H20N2O2S/c1-2-5-16-8-11-3-4-14(12(6-11)7-15)19-10-13(18)9-17/h3-4,6,13,16-18H,2,5,8-10H2,1H3. The second-order valence-electron chi connectivity index (χ2n) is 4.27. The van der Waals surface area contributed by atoms with Crippen molar-refractivity contribution in [2.45, 2.75) is 30.9 Å². The molecule has 0 bridgehead atoms. The van der Waals surface area contributed by atoms with Gasteiger partial charge in [0.15, 0.2) is 0 Å². The van der Waals surface area contributed by atoms with E-state index in [0.717, 1.165) is 30.0 Å². The third-order valence-corrected chi connectivity index (χ3v) is 3.78. The lowest BCUT2D eigenvalue weighted by Crippen LogP contribution is -2.15. The van der Waals surface area contributed by atoms with E-state index in [4.69, 9.17) is 10.4 Å². The van der Waals surface area contributed by atoms with Crippen molar-refractivity contribution < 1.29 is 10.2 Å². The van der Waals surface area contributed by atoms with Crippen LogP contribution in [0.2, 0.25) is 0 Å². The van der Waals surface area contributed by atoms with Crippen LogP contribution in [0.15, 0.2) is 23.1 Å². The molecule has 0 aliphatic rings. The summed E-state index contributed by atoms with van der Waals surface area (Å²) in [6, 6.07) is 7.93. The first-order valence-electron chi connectivity index (χ1n) is 6.36. The molecule has 1 atom stereocenters. The van der Waals surface area contributed by atoms with Gasteiger partial charge in [0.1, 0.15) is 6.07 Å². The van der Waals surface area contributed by atoms with E-state index in [1.165, 1.54) is 11.8 Å². The molecule has 19 heavy (non-hydrogen) atoms. The largest absolute Gasteiger partial charge is 0.394 e. The van der Waals surface area contributed by atoms with E-state index in [1.807, 2.05) is 18.2 Å². The Morgan fingerprint density at radius 3 is 2.89 bits per heavy atom. The molecular weight excluding hydrogens is 260 g/mol. The van der Waals surface area contributed by atoms with E-state index in [2.05, 4.69) is 18.3 Å². The highest BCUT2D eigenvalue weighted by atomic mass is 32.2. The van der Waals surface area contributed by atoms with Crippen molar-refractivity contribution in [3.05, 3.63) is 29.3 Å². The van der Waals surface area contributed by atoms with Crippen molar-refractivity contribution in [2.24, 2.45) is 0 Å². The zero-order valence-electron chi connectivity index (χ0n) is 11.1. The van der Waals surface area contributed by atoms with Gasteiger partial charge in [-0.05, 0) is 30.7 Å². The van der Waals surface area contributed by atoms with E-state index >= 15 is 0 Å². The average molecular weight is 280 g/mol. The van der Waals surface area contributed by atoms with Gasteiger partial charge in [-0.1, -0.05) is 13.0 Å². The molecular formula is C14H20N2O2S. The number of aliphatic hydroxyl groups excluding tert-OH is 2. The Morgan fingerprint density at radius 1 is 1.47 bits per heavy atom. The van der Waals surface area contributed by atoms with E-state index < -0.39 is 6.10 Å². The number of nitrogens with zero attached hydrogens (tertiary/aromatic N) is 1. The van der Waals surface area contributed by atoms with Crippen molar-refractivity contribution in [3.8, 4) is 6.07 Å². The van der Waals surface area contributed by atoms with Gasteiger partial charge in [0.2, 0.25) is 0 Å². The van der Waals surface area contributed by atoms with Crippen molar-refractivity contribution in [1.82, 2.24) is 5.32 Å². The van der Waals surface area contributed by atoms with Crippen LogP contribution in [0.1, 0.15) is 24.5 Å². The van der Waals surface area contributed by atoms with Crippen molar-refractivity contribution >= 4 is 11.8 Å². The Kier molecular flexibility index (Phi) is 7.53. The molecule has 0 heterocycles. The topological polar surface area (TPSA) is 76.3 Å². The third kappa shape index (κ3) is 5.62. The fraction of sp³-hybridized carbons (Fsp3) is 0.500. The van der Waals surface area contributed by atoms with E-state index in [1.54, 1.807) is 0 Å². The maximum absolute atomic E-state index is 9.32. The normalized spacial score (nSPS) is 12.1. The molecule has 0 aliphatic heterocycles. The number of hydrogen-bond donors (Lipinski definition) is 3. The first-order chi connectivity index (χ1) is 9.21. The van der Waals surface area contributed by atoms with Crippen LogP contribution in [0, 0.1) is 11.3 Å². The SMILES string of the molecule is CCCNCc1ccc(SCC(O)CO)c(C#N)c1. The quantitative estimate of drug-likeness (QED) is 0.497. The van der Waals surface area contributed by atoms with Gasteiger partial charge in [-0.3, -0.25) is 0 Å². The van der Waals surface area contributed by atoms with Gasteiger partial charge in [-0.2, -0.15) is 5.26 Å². The van der Waals surface area contributed by atoms with Gasteiger partial charge < -0.3 is 15.5 Å². The Hall–Kier alpha value is -1.06. The monoisotopic (exact) mass is 280 g/mol. The molecule has 1 aromatic rings. The van der Waals surface area contributed by atoms with Gasteiger partial charge >= 0.3 is 0 Å². The summed E-state index contributed by atoms with van der Waals surface area (Å²) in [6.07, 6.45) is 0.334. The molecule has 3 N–H and O–H groups in total. The highest BCUT2D eigenvalue weighted by Crippen LogP contribution is 2.24. The molecule has 1 rings (SSSR count). The zero-order chi connectivity index (χ0) is 14.1. The lowest BCUT2D eigenvalue weighted by molar-refractivity contribution is 0.113. The third-order valence-electron chi connectivity index (χ3n) is 2.56. The number of aliphatic hydroxyl groups is 2. The van der Waals surface area contributed by atoms with Crippen LogP contribution in [-0.2, 0) is 6.54 Å². The van der Waals surface area contributed by atoms with Gasteiger partial charge in [0.05, 0.1) is 18.3 Å². The van der Waals surface area contributed by atoms with Crippen LogP contribution in [0.5, 0.6) is 0 Å². The number of benzene rings is 1. The maximum atomic E-state index is 9.32. The number of hydrogen-bond acceptors (Lipinski definition) is 5. The molecule has 0 saturated heterocycles. The summed E-state index contributed by atoms with van der Waals surface area (Å²) in [7, 11) is 0. The predicted octanol–water partition coefficient (Wildman–Crippen LogP) is 1.50. The summed E-state index contributed by atoms with van der Waals surface area (Å²) in [6.45, 7) is 3.57. The van der Waals surface area contributed by atoms with Crippen LogP contribution < -0.4 is 5.32 Å². The van der Waals surface area contributed by atoms with Crippen LogP contribution in [-0.4, -0.2) is 35.2 Å². The van der Waals surface area contributed by atoms with Gasteiger partial charge in [-0.25, -0.2) is 0 Å². The number of rotatable bonds is 8. The molecule has 104 valence electrons. The van der Waals surface area contributed by atoms with E-state index in [0.29, 0.717) is 11.3 Å². The molecule has 0 fully saturated rings. The lowest BCUT2D eigenvalue weighted by Gasteiger charge is -2.09. The molecule has 0 aliphatic carbocycles. The fourth-order valence-electron chi connectivity index (χ4n) is 1.55. The molecule has 1 unspecified atom stereocenters. The average Bonchev–Trinajstić information content (AvgIpc) is 2.45. The number of thioether (sulfide) groups is 1. The fourth-order valence-corrected chi connectivity index (χ4v) is 2.45. The van der Waals surface area contributed by atoms with Crippen LogP contribution in [0.4, 0.5) is 0 Å². The highest BCUT2D eigenvalue weighted by Gasteiger charge is 2.08. The minimum absolute atomic E-state index is 0.256. The molecule has 0 aromatic heterocycles. The summed E-state index contributed by atoms with van der Waals surface area (Å²) in [5, 5.41) is 30.5. The number of nitrogens with one attached hydrogen (secondary N) is 1. The number of nitriles is 1. The van der Waals surface area contributed by atoms with Crippen LogP contribution >= 0.6 is 11.8 Å². The van der Waals surface area contributed by atoms with Crippen molar-refractivity contribution in [2.75, 3.05) is 18.9 Å². The molecule has 0 radical (unpaired) electrons. The van der Waals surface area contributed by atoms with Gasteiger partial charge in [0.25, 0.3) is 0 Å². The minimum Gasteiger partial charge on any atom is -0.394 e. The molecule has 1 aromatic carbocycles. The second kappa shape index (κ2) is 8.94. The Morgan fingerprint density at radius 2 is 2.26 bits per heavy atom. The van der Waals surface area contributed by atoms with E-state index in [-0.39, 0.29) is 6.61 Å². The van der Waals surface area contributed by atoms with E-state index in [9.17, 15) is 5.11 Å². The van der Waals surface area contributed by atoms with Crippen LogP contribution in [0.3, 0.4) is 0 Å². The van der Waals surface area contributed by atoms with Crippen molar-refractivity contribution in [3.63, 3.8) is 0 Å². The maximum Gasteiger partial charge on any atom is 0.100 e. The lowest BCUT2D eigenvalue weighted by atomic mass is 10.1. The predicted molar refractivity (Wildman–Crippen MR) is 77.0 cm³/mol. The Labute approximate surface area is 118 Å². The summed E-state index contributed by atoms with van der Waals surface area (Å²) >= 11 is 1.39.